The lowest BCUT2D eigenvalue weighted by atomic mass is 10.2. The van der Waals surface area contributed by atoms with Gasteiger partial charge in [-0.15, -0.1) is 16.6 Å². The van der Waals surface area contributed by atoms with E-state index in [2.05, 4.69) is 21.4 Å². The second-order valence-corrected chi connectivity index (χ2v) is 4.80. The van der Waals surface area contributed by atoms with Crippen LogP contribution in [0.5, 0.6) is 5.75 Å². The molecule has 2 N–H and O–H groups in total. The average Bonchev–Trinajstić information content (AvgIpc) is 2.52. The molecule has 2 aromatic heterocycles. The Balaban J connectivity index is 2.50. The van der Waals surface area contributed by atoms with Crippen LogP contribution in [0.1, 0.15) is 16.1 Å². The topological polar surface area (TPSA) is 97.1 Å². The van der Waals surface area contributed by atoms with Gasteiger partial charge in [0.1, 0.15) is 5.56 Å². The summed E-state index contributed by atoms with van der Waals surface area (Å²) in [5.74, 6) is -1.05. The smallest absolute Gasteiger partial charge is 0.268 e. The van der Waals surface area contributed by atoms with E-state index in [1.54, 1.807) is 0 Å². The van der Waals surface area contributed by atoms with Crippen LogP contribution in [0.3, 0.4) is 0 Å². The molecule has 2 rings (SSSR count). The lowest BCUT2D eigenvalue weighted by Crippen LogP contribution is -2.31. The summed E-state index contributed by atoms with van der Waals surface area (Å²) in [4.78, 5) is 24.4. The van der Waals surface area contributed by atoms with Gasteiger partial charge >= 0.3 is 0 Å². The third-order valence-corrected chi connectivity index (χ3v) is 3.18. The lowest BCUT2D eigenvalue weighted by Gasteiger charge is -2.12. The first kappa shape index (κ1) is 16.5. The van der Waals surface area contributed by atoms with Gasteiger partial charge in [0, 0.05) is 0 Å². The van der Waals surface area contributed by atoms with Crippen LogP contribution in [0.25, 0.3) is 0 Å². The second-order valence-electron chi connectivity index (χ2n) is 4.41. The zero-order chi connectivity index (χ0) is 17.1. The number of carbonyl (C=O) groups excluding carboxylic acids is 1. The molecule has 2 aromatic rings. The van der Waals surface area contributed by atoms with Crippen LogP contribution in [0.15, 0.2) is 16.9 Å². The number of rotatable bonds is 3. The normalized spacial score (nSPS) is 10.2. The maximum Gasteiger partial charge on any atom is 0.268 e. The average molecular weight is 337 g/mol. The van der Waals surface area contributed by atoms with Gasteiger partial charge in [-0.25, -0.2) is 4.39 Å². The third-order valence-electron chi connectivity index (χ3n) is 2.98. The van der Waals surface area contributed by atoms with Crippen molar-refractivity contribution in [2.24, 2.45) is 0 Å². The number of carbonyl (C=O) groups is 1. The van der Waals surface area contributed by atoms with Crippen molar-refractivity contribution in [2.75, 3.05) is 5.32 Å². The molecule has 0 unspecified atom stereocenters. The summed E-state index contributed by atoms with van der Waals surface area (Å²) in [6.07, 6.45) is 5.12. The maximum absolute atomic E-state index is 14.0. The number of nitrogens with one attached hydrogen (secondary N) is 1. The third kappa shape index (κ3) is 3.14. The van der Waals surface area contributed by atoms with E-state index < -0.39 is 28.6 Å². The molecule has 7 nitrogen and oxygen atoms in total. The quantitative estimate of drug-likeness (QED) is 0.824. The highest BCUT2D eigenvalue weighted by Gasteiger charge is 2.24. The molecule has 0 saturated carbocycles. The Bertz CT molecular complexity index is 872. The summed E-state index contributed by atoms with van der Waals surface area (Å²) in [6, 6.07) is 2.69. The molecule has 1 amide bonds. The molecule has 0 aliphatic heterocycles. The van der Waals surface area contributed by atoms with Gasteiger partial charge in [-0.3, -0.25) is 14.2 Å². The number of terminal acetylenes is 1. The SMILES string of the molecule is C#CCn1c(C)c(F)c(O)c(C(=O)Nc2ccc(Cl)nn2)c1=O. The molecule has 118 valence electrons. The molecule has 0 atom stereocenters. The first-order chi connectivity index (χ1) is 10.9. The van der Waals surface area contributed by atoms with E-state index in [9.17, 15) is 19.1 Å². The Morgan fingerprint density at radius 3 is 2.78 bits per heavy atom. The van der Waals surface area contributed by atoms with E-state index in [1.165, 1.54) is 19.1 Å². The second kappa shape index (κ2) is 6.46. The van der Waals surface area contributed by atoms with Gasteiger partial charge in [0.25, 0.3) is 11.5 Å². The fourth-order valence-corrected chi connectivity index (χ4v) is 1.94. The zero-order valence-electron chi connectivity index (χ0n) is 11.8. The number of hydrogen-bond acceptors (Lipinski definition) is 5. The van der Waals surface area contributed by atoms with Crippen LogP contribution in [-0.4, -0.2) is 25.8 Å². The standard InChI is InChI=1S/C14H10ClFN4O3/c1-3-6-20-7(2)11(16)12(21)10(14(20)23)13(22)17-9-5-4-8(15)18-19-9/h1,4-5,21H,6H2,2H3,(H,17,19,22). The van der Waals surface area contributed by atoms with E-state index >= 15 is 0 Å². The number of hydrogen-bond donors (Lipinski definition) is 2. The molecule has 0 aliphatic rings. The molecule has 0 spiro atoms. The van der Waals surface area contributed by atoms with E-state index in [0.29, 0.717) is 0 Å². The van der Waals surface area contributed by atoms with Gasteiger partial charge in [0.05, 0.1) is 12.2 Å². The van der Waals surface area contributed by atoms with E-state index in [1.807, 2.05) is 0 Å². The van der Waals surface area contributed by atoms with E-state index in [-0.39, 0.29) is 23.2 Å². The van der Waals surface area contributed by atoms with Crippen molar-refractivity contribution in [2.45, 2.75) is 13.5 Å². The Hall–Kier alpha value is -2.92. The summed E-state index contributed by atoms with van der Waals surface area (Å²) < 4.78 is 14.9. The molecule has 0 radical (unpaired) electrons. The van der Waals surface area contributed by atoms with Crippen LogP contribution in [0.2, 0.25) is 5.15 Å². The summed E-state index contributed by atoms with van der Waals surface area (Å²) in [5, 5.41) is 19.2. The fourth-order valence-electron chi connectivity index (χ4n) is 1.84. The number of amides is 1. The highest BCUT2D eigenvalue weighted by Crippen LogP contribution is 2.22. The predicted molar refractivity (Wildman–Crippen MR) is 80.9 cm³/mol. The number of aromatic nitrogens is 3. The van der Waals surface area contributed by atoms with Crippen molar-refractivity contribution in [3.05, 3.63) is 44.7 Å². The van der Waals surface area contributed by atoms with Gasteiger partial charge < -0.3 is 10.4 Å². The minimum Gasteiger partial charge on any atom is -0.504 e. The van der Waals surface area contributed by atoms with Gasteiger partial charge in [0.2, 0.25) is 0 Å². The van der Waals surface area contributed by atoms with Gasteiger partial charge in [-0.05, 0) is 19.1 Å². The highest BCUT2D eigenvalue weighted by molar-refractivity contribution is 6.29. The van der Waals surface area contributed by atoms with Crippen molar-refractivity contribution < 1.29 is 14.3 Å². The molecule has 0 saturated heterocycles. The molecule has 0 aromatic carbocycles. The molecular weight excluding hydrogens is 327 g/mol. The van der Waals surface area contributed by atoms with Crippen molar-refractivity contribution in [3.63, 3.8) is 0 Å². The summed E-state index contributed by atoms with van der Waals surface area (Å²) in [5.41, 5.74) is -1.87. The van der Waals surface area contributed by atoms with Crippen molar-refractivity contribution in [1.82, 2.24) is 14.8 Å². The number of nitrogens with zero attached hydrogens (tertiary/aromatic N) is 3. The van der Waals surface area contributed by atoms with Crippen LogP contribution in [-0.2, 0) is 6.54 Å². The molecule has 23 heavy (non-hydrogen) atoms. The van der Waals surface area contributed by atoms with Crippen LogP contribution in [0, 0.1) is 25.1 Å². The minimum atomic E-state index is -1.10. The maximum atomic E-state index is 14.0. The highest BCUT2D eigenvalue weighted by atomic mass is 35.5. The van der Waals surface area contributed by atoms with Crippen LogP contribution in [0.4, 0.5) is 10.2 Å². The van der Waals surface area contributed by atoms with E-state index in [4.69, 9.17) is 18.0 Å². The molecule has 2 heterocycles. The van der Waals surface area contributed by atoms with Crippen molar-refractivity contribution >= 4 is 23.3 Å². The predicted octanol–water partition coefficient (Wildman–Crippen LogP) is 1.33. The van der Waals surface area contributed by atoms with Gasteiger partial charge in [-0.1, -0.05) is 17.5 Å². The monoisotopic (exact) mass is 336 g/mol. The Morgan fingerprint density at radius 1 is 1.52 bits per heavy atom. The number of anilines is 1. The van der Waals surface area contributed by atoms with Gasteiger partial charge in [0.15, 0.2) is 22.5 Å². The zero-order valence-corrected chi connectivity index (χ0v) is 12.6. The first-order valence-corrected chi connectivity index (χ1v) is 6.60. The molecule has 0 aliphatic carbocycles. The van der Waals surface area contributed by atoms with E-state index in [0.717, 1.165) is 4.57 Å². The Labute approximate surface area is 134 Å². The van der Waals surface area contributed by atoms with Crippen molar-refractivity contribution in [1.29, 1.82) is 0 Å². The summed E-state index contributed by atoms with van der Waals surface area (Å²) in [6.45, 7) is 1.02. The Kier molecular flexibility index (Phi) is 4.62. The Morgan fingerprint density at radius 2 is 2.22 bits per heavy atom. The summed E-state index contributed by atoms with van der Waals surface area (Å²) in [7, 11) is 0. The largest absolute Gasteiger partial charge is 0.504 e. The number of halogens is 2. The molecule has 0 bridgehead atoms. The lowest BCUT2D eigenvalue weighted by molar-refractivity contribution is 0.102. The molecule has 9 heteroatoms. The molecular formula is C14H10ClFN4O3. The summed E-state index contributed by atoms with van der Waals surface area (Å²) >= 11 is 5.56. The fraction of sp³-hybridized carbons (Fsp3) is 0.143. The number of aromatic hydroxyl groups is 1. The minimum absolute atomic E-state index is 0.0253. The number of pyridine rings is 1. The first-order valence-electron chi connectivity index (χ1n) is 6.22. The molecule has 0 fully saturated rings. The van der Waals surface area contributed by atoms with Crippen LogP contribution >= 0.6 is 11.6 Å². The van der Waals surface area contributed by atoms with Crippen LogP contribution < -0.4 is 10.9 Å². The van der Waals surface area contributed by atoms with Gasteiger partial charge in [-0.2, -0.15) is 0 Å². The van der Waals surface area contributed by atoms with Crippen molar-refractivity contribution in [3.8, 4) is 18.1 Å².